The Morgan fingerprint density at radius 2 is 1.77 bits per heavy atom. The van der Waals surface area contributed by atoms with Crippen molar-refractivity contribution >= 4 is 45.7 Å². The number of hydrogen-bond donors (Lipinski definition) is 3. The molecule has 0 radical (unpaired) electrons. The maximum atomic E-state index is 12.8. The number of carbonyl (C=O) groups is 3. The number of aryl methyl sites for hydroxylation is 1. The summed E-state index contributed by atoms with van der Waals surface area (Å²) < 4.78 is 0. The summed E-state index contributed by atoms with van der Waals surface area (Å²) in [4.78, 5) is 40.0. The molecule has 6 nitrogen and oxygen atoms in total. The van der Waals surface area contributed by atoms with Gasteiger partial charge in [0.25, 0.3) is 11.8 Å². The summed E-state index contributed by atoms with van der Waals surface area (Å²) in [6.45, 7) is 0. The van der Waals surface area contributed by atoms with E-state index in [1.165, 1.54) is 11.6 Å². The van der Waals surface area contributed by atoms with Crippen molar-refractivity contribution in [2.75, 3.05) is 0 Å². The minimum atomic E-state index is -1.03. The van der Waals surface area contributed by atoms with Gasteiger partial charge in [0.2, 0.25) is 0 Å². The zero-order valence-electron chi connectivity index (χ0n) is 16.3. The standard InChI is InChI=1S/C25H16N2O4/c28-18(29)10-6-12-5-9-17-16(11-12)20-22-21(24(30)27-25(22)31)15-8-7-13-3-1-2-4-14(13)19(15)23(20)26-17/h1-6,9-11,26H,7-8H2,(H,28,29)(H,27,30,31)/b10-6+. The van der Waals surface area contributed by atoms with Gasteiger partial charge in [-0.25, -0.2) is 4.79 Å². The molecule has 3 N–H and O–H groups in total. The van der Waals surface area contributed by atoms with Crippen LogP contribution in [0.4, 0.5) is 0 Å². The topological polar surface area (TPSA) is 99.3 Å². The lowest BCUT2D eigenvalue weighted by atomic mass is 9.80. The van der Waals surface area contributed by atoms with Crippen LogP contribution in [0, 0.1) is 0 Å². The lowest BCUT2D eigenvalue weighted by Gasteiger charge is -2.22. The molecule has 2 amide bonds. The number of hydrogen-bond acceptors (Lipinski definition) is 3. The number of amides is 2. The van der Waals surface area contributed by atoms with Gasteiger partial charge in [0.05, 0.1) is 16.6 Å². The van der Waals surface area contributed by atoms with Gasteiger partial charge >= 0.3 is 5.97 Å². The number of carbonyl (C=O) groups excluding carboxylic acids is 2. The smallest absolute Gasteiger partial charge is 0.328 e. The van der Waals surface area contributed by atoms with Crippen LogP contribution in [0.25, 0.3) is 39.0 Å². The fraction of sp³-hybridized carbons (Fsp3) is 0.0800. The molecule has 3 aromatic carbocycles. The molecule has 31 heavy (non-hydrogen) atoms. The van der Waals surface area contributed by atoms with E-state index in [-0.39, 0.29) is 11.8 Å². The van der Waals surface area contributed by atoms with Gasteiger partial charge in [0, 0.05) is 27.9 Å². The monoisotopic (exact) mass is 408 g/mol. The normalized spacial score (nSPS) is 14.7. The molecule has 0 saturated heterocycles. The predicted molar refractivity (Wildman–Crippen MR) is 117 cm³/mol. The molecule has 0 bridgehead atoms. The molecule has 1 aromatic heterocycles. The van der Waals surface area contributed by atoms with Crippen LogP contribution in [-0.4, -0.2) is 27.9 Å². The summed E-state index contributed by atoms with van der Waals surface area (Å²) in [5.41, 5.74) is 7.39. The lowest BCUT2D eigenvalue weighted by molar-refractivity contribution is -0.131. The third-order valence-corrected chi connectivity index (χ3v) is 6.21. The van der Waals surface area contributed by atoms with Gasteiger partial charge in [0.1, 0.15) is 0 Å². The van der Waals surface area contributed by atoms with Crippen LogP contribution < -0.4 is 5.32 Å². The summed E-state index contributed by atoms with van der Waals surface area (Å²) in [6.07, 6.45) is 4.09. The molecule has 0 fully saturated rings. The molecule has 150 valence electrons. The second-order valence-electron chi connectivity index (χ2n) is 7.90. The molecular weight excluding hydrogens is 392 g/mol. The van der Waals surface area contributed by atoms with E-state index >= 15 is 0 Å². The number of nitrogens with one attached hydrogen (secondary N) is 2. The number of fused-ring (bicyclic) bond motifs is 10. The van der Waals surface area contributed by atoms with Crippen LogP contribution in [0.15, 0.2) is 48.5 Å². The van der Waals surface area contributed by atoms with E-state index < -0.39 is 5.97 Å². The van der Waals surface area contributed by atoms with Gasteiger partial charge in [-0.15, -0.1) is 0 Å². The number of H-pyrrole nitrogens is 1. The van der Waals surface area contributed by atoms with Crippen LogP contribution in [0.3, 0.4) is 0 Å². The Bertz CT molecular complexity index is 1520. The minimum absolute atomic E-state index is 0.353. The van der Waals surface area contributed by atoms with Crippen LogP contribution >= 0.6 is 0 Å². The number of aliphatic carboxylic acids is 1. The van der Waals surface area contributed by atoms with E-state index in [4.69, 9.17) is 5.11 Å². The van der Waals surface area contributed by atoms with E-state index in [1.54, 1.807) is 0 Å². The van der Waals surface area contributed by atoms with E-state index in [0.29, 0.717) is 28.5 Å². The van der Waals surface area contributed by atoms with Crippen LogP contribution in [0.1, 0.15) is 37.4 Å². The summed E-state index contributed by atoms with van der Waals surface area (Å²) in [5, 5.41) is 12.9. The van der Waals surface area contributed by atoms with Crippen molar-refractivity contribution < 1.29 is 19.5 Å². The van der Waals surface area contributed by atoms with Crippen molar-refractivity contribution in [1.29, 1.82) is 0 Å². The Labute approximate surface area is 176 Å². The van der Waals surface area contributed by atoms with Crippen LogP contribution in [0.2, 0.25) is 0 Å². The zero-order chi connectivity index (χ0) is 21.3. The number of carboxylic acids is 1. The van der Waals surface area contributed by atoms with Crippen LogP contribution in [0.5, 0.6) is 0 Å². The molecule has 6 heteroatoms. The van der Waals surface area contributed by atoms with Gasteiger partial charge in [-0.2, -0.15) is 0 Å². The van der Waals surface area contributed by atoms with Crippen LogP contribution in [-0.2, 0) is 17.6 Å². The highest BCUT2D eigenvalue weighted by molar-refractivity contribution is 6.32. The fourth-order valence-corrected chi connectivity index (χ4v) is 4.97. The van der Waals surface area contributed by atoms with Crippen molar-refractivity contribution in [2.45, 2.75) is 12.8 Å². The number of aromatic amines is 1. The first kappa shape index (κ1) is 17.7. The van der Waals surface area contributed by atoms with Crippen molar-refractivity contribution in [3.05, 3.63) is 76.4 Å². The third kappa shape index (κ3) is 2.42. The second kappa shape index (κ2) is 6.15. The van der Waals surface area contributed by atoms with Gasteiger partial charge < -0.3 is 10.1 Å². The predicted octanol–water partition coefficient (Wildman–Crippen LogP) is 4.07. The number of imide groups is 1. The van der Waals surface area contributed by atoms with E-state index in [1.807, 2.05) is 30.3 Å². The summed E-state index contributed by atoms with van der Waals surface area (Å²) in [5.74, 6) is -1.77. The number of carboxylic acid groups (broad SMARTS) is 1. The SMILES string of the molecule is O=C(O)/C=C/c1ccc2[nH]c3c4c(c5c(c3c2c1)C(=O)NC5=O)CCc1ccccc1-4. The lowest BCUT2D eigenvalue weighted by Crippen LogP contribution is -2.20. The van der Waals surface area contributed by atoms with Crippen molar-refractivity contribution in [3.63, 3.8) is 0 Å². The highest BCUT2D eigenvalue weighted by atomic mass is 16.4. The number of benzene rings is 3. The average Bonchev–Trinajstić information content (AvgIpc) is 3.28. The van der Waals surface area contributed by atoms with E-state index in [9.17, 15) is 14.4 Å². The molecule has 2 heterocycles. The first-order chi connectivity index (χ1) is 15.0. The Kier molecular flexibility index (Phi) is 3.50. The quantitative estimate of drug-likeness (QED) is 0.344. The Balaban J connectivity index is 1.78. The molecule has 1 aliphatic heterocycles. The molecule has 0 spiro atoms. The molecule has 4 aromatic rings. The molecule has 2 aliphatic rings. The Morgan fingerprint density at radius 1 is 0.968 bits per heavy atom. The molecule has 0 saturated carbocycles. The average molecular weight is 408 g/mol. The maximum Gasteiger partial charge on any atom is 0.328 e. The first-order valence-corrected chi connectivity index (χ1v) is 10.0. The third-order valence-electron chi connectivity index (χ3n) is 6.21. The minimum Gasteiger partial charge on any atom is -0.478 e. The molecule has 6 rings (SSSR count). The fourth-order valence-electron chi connectivity index (χ4n) is 4.97. The van der Waals surface area contributed by atoms with E-state index in [2.05, 4.69) is 22.4 Å². The van der Waals surface area contributed by atoms with Gasteiger partial charge in [-0.3, -0.25) is 14.9 Å². The largest absolute Gasteiger partial charge is 0.478 e. The van der Waals surface area contributed by atoms with Gasteiger partial charge in [-0.1, -0.05) is 30.3 Å². The van der Waals surface area contributed by atoms with Crippen molar-refractivity contribution in [1.82, 2.24) is 10.3 Å². The maximum absolute atomic E-state index is 12.8. The highest BCUT2D eigenvalue weighted by Crippen LogP contribution is 2.45. The first-order valence-electron chi connectivity index (χ1n) is 10.0. The summed E-state index contributed by atoms with van der Waals surface area (Å²) in [7, 11) is 0. The number of aromatic nitrogens is 1. The summed E-state index contributed by atoms with van der Waals surface area (Å²) >= 11 is 0. The van der Waals surface area contributed by atoms with E-state index in [0.717, 1.165) is 45.6 Å². The molecule has 0 unspecified atom stereocenters. The Morgan fingerprint density at radius 3 is 2.61 bits per heavy atom. The highest BCUT2D eigenvalue weighted by Gasteiger charge is 2.37. The molecular formula is C25H16N2O4. The molecule has 0 atom stereocenters. The van der Waals surface area contributed by atoms with Crippen molar-refractivity contribution in [3.8, 4) is 11.1 Å². The van der Waals surface area contributed by atoms with Crippen molar-refractivity contribution in [2.24, 2.45) is 0 Å². The Hall–Kier alpha value is -4.19. The van der Waals surface area contributed by atoms with Gasteiger partial charge in [0.15, 0.2) is 0 Å². The molecule has 1 aliphatic carbocycles. The second-order valence-corrected chi connectivity index (χ2v) is 7.90. The van der Waals surface area contributed by atoms with Gasteiger partial charge in [-0.05, 0) is 53.3 Å². The summed E-state index contributed by atoms with van der Waals surface area (Å²) in [6, 6.07) is 13.7. The zero-order valence-corrected chi connectivity index (χ0v) is 16.3. The number of rotatable bonds is 2.